The number of ketones is 1. The molecule has 0 saturated heterocycles. The van der Waals surface area contributed by atoms with Crippen LogP contribution in [0.1, 0.15) is 41.8 Å². The summed E-state index contributed by atoms with van der Waals surface area (Å²) in [6.07, 6.45) is 3.58. The topological polar surface area (TPSA) is 109 Å². The number of hydrogen-bond donors (Lipinski definition) is 0. The average molecular weight is 509 g/mol. The Morgan fingerprint density at radius 3 is 2.45 bits per heavy atom. The molecule has 8 heteroatoms. The second-order valence-electron chi connectivity index (χ2n) is 8.61. The number of carbonyl (C=O) groups is 1. The Bertz CT molecular complexity index is 1580. The van der Waals surface area contributed by atoms with E-state index in [0.29, 0.717) is 46.1 Å². The number of allylic oxidation sites excluding steroid dienone is 1. The summed E-state index contributed by atoms with van der Waals surface area (Å²) < 4.78 is 17.6. The van der Waals surface area contributed by atoms with Crippen molar-refractivity contribution in [2.75, 3.05) is 6.61 Å². The Morgan fingerprint density at radius 1 is 0.974 bits per heavy atom. The van der Waals surface area contributed by atoms with Gasteiger partial charge in [-0.3, -0.25) is 14.9 Å². The van der Waals surface area contributed by atoms with E-state index >= 15 is 0 Å². The lowest BCUT2D eigenvalue weighted by Crippen LogP contribution is -2.04. The van der Waals surface area contributed by atoms with E-state index in [0.717, 1.165) is 12.8 Å². The Balaban J connectivity index is 1.49. The van der Waals surface area contributed by atoms with Crippen molar-refractivity contribution in [3.8, 4) is 17.1 Å². The van der Waals surface area contributed by atoms with Gasteiger partial charge in [-0.1, -0.05) is 25.5 Å². The average Bonchev–Trinajstić information content (AvgIpc) is 3.59. The standard InChI is InChI=1S/C30H24N2O6/c1-2-3-18-36-23-14-10-21(11-15-23)29(33)25(30-31-26-6-4-5-7-28(26)38-30)19-24-16-17-27(37-24)20-8-12-22(13-9-20)32(34)35/h4-17,19H,2-3,18H2,1H3/b25-19-. The number of unbranched alkanes of at least 4 members (excludes halogenated alkanes) is 1. The fourth-order valence-electron chi connectivity index (χ4n) is 3.88. The van der Waals surface area contributed by atoms with Crippen molar-refractivity contribution in [2.45, 2.75) is 19.8 Å². The van der Waals surface area contributed by atoms with Crippen LogP contribution >= 0.6 is 0 Å². The van der Waals surface area contributed by atoms with Crippen LogP contribution in [-0.4, -0.2) is 22.3 Å². The molecule has 0 aliphatic rings. The van der Waals surface area contributed by atoms with Crippen LogP contribution in [0, 0.1) is 10.1 Å². The number of furan rings is 1. The summed E-state index contributed by atoms with van der Waals surface area (Å²) in [5.41, 5.74) is 2.53. The Hall–Kier alpha value is -4.98. The highest BCUT2D eigenvalue weighted by atomic mass is 16.6. The van der Waals surface area contributed by atoms with Crippen LogP contribution < -0.4 is 4.74 Å². The van der Waals surface area contributed by atoms with Crippen LogP contribution in [-0.2, 0) is 0 Å². The first-order valence-corrected chi connectivity index (χ1v) is 12.2. The number of ether oxygens (including phenoxy) is 1. The molecule has 0 bridgehead atoms. The zero-order chi connectivity index (χ0) is 26.5. The summed E-state index contributed by atoms with van der Waals surface area (Å²) in [5, 5.41) is 11.0. The first kappa shape index (κ1) is 24.7. The maximum absolute atomic E-state index is 13.7. The molecule has 3 aromatic carbocycles. The van der Waals surface area contributed by atoms with Crippen molar-refractivity contribution < 1.29 is 23.3 Å². The zero-order valence-corrected chi connectivity index (χ0v) is 20.6. The highest BCUT2D eigenvalue weighted by molar-refractivity contribution is 6.31. The third-order valence-electron chi connectivity index (χ3n) is 5.93. The van der Waals surface area contributed by atoms with E-state index in [4.69, 9.17) is 13.6 Å². The van der Waals surface area contributed by atoms with Gasteiger partial charge in [0, 0.05) is 23.3 Å². The lowest BCUT2D eigenvalue weighted by Gasteiger charge is -2.07. The number of Topliss-reactive ketones (excluding diaryl/α,β-unsaturated/α-hetero) is 1. The number of benzene rings is 3. The fourth-order valence-corrected chi connectivity index (χ4v) is 3.88. The molecule has 190 valence electrons. The summed E-state index contributed by atoms with van der Waals surface area (Å²) >= 11 is 0. The maximum Gasteiger partial charge on any atom is 0.269 e. The van der Waals surface area contributed by atoms with Gasteiger partial charge in [-0.15, -0.1) is 0 Å². The van der Waals surface area contributed by atoms with E-state index in [1.165, 1.54) is 12.1 Å². The number of non-ortho nitro benzene ring substituents is 1. The molecule has 0 aliphatic heterocycles. The molecular weight excluding hydrogens is 484 g/mol. The van der Waals surface area contributed by atoms with Crippen LogP contribution in [0.25, 0.3) is 34.1 Å². The van der Waals surface area contributed by atoms with Gasteiger partial charge in [0.25, 0.3) is 5.69 Å². The second kappa shape index (κ2) is 11.0. The summed E-state index contributed by atoms with van der Waals surface area (Å²) in [7, 11) is 0. The van der Waals surface area contributed by atoms with E-state index in [2.05, 4.69) is 11.9 Å². The minimum Gasteiger partial charge on any atom is -0.494 e. The lowest BCUT2D eigenvalue weighted by atomic mass is 10.0. The number of nitro benzene ring substituents is 1. The SMILES string of the molecule is CCCCOc1ccc(C(=O)/C(=C/c2ccc(-c3ccc([N+](=O)[O-])cc3)o2)c2nc3ccccc3o2)cc1. The molecular formula is C30H24N2O6. The summed E-state index contributed by atoms with van der Waals surface area (Å²) in [6, 6.07) is 23.8. The van der Waals surface area contributed by atoms with E-state index in [9.17, 15) is 14.9 Å². The zero-order valence-electron chi connectivity index (χ0n) is 20.6. The third kappa shape index (κ3) is 5.39. The highest BCUT2D eigenvalue weighted by Gasteiger charge is 2.21. The quantitative estimate of drug-likeness (QED) is 0.0628. The predicted octanol–water partition coefficient (Wildman–Crippen LogP) is 7.60. The van der Waals surface area contributed by atoms with E-state index in [-0.39, 0.29) is 22.9 Å². The van der Waals surface area contributed by atoms with Crippen LogP contribution in [0.15, 0.2) is 93.8 Å². The molecule has 0 amide bonds. The van der Waals surface area contributed by atoms with Gasteiger partial charge in [0.1, 0.15) is 22.8 Å². The van der Waals surface area contributed by atoms with Crippen molar-refractivity contribution in [1.82, 2.24) is 4.98 Å². The molecule has 0 unspecified atom stereocenters. The first-order valence-electron chi connectivity index (χ1n) is 12.2. The van der Waals surface area contributed by atoms with Crippen LogP contribution in [0.3, 0.4) is 0 Å². The molecule has 2 aromatic heterocycles. The summed E-state index contributed by atoms with van der Waals surface area (Å²) in [4.78, 5) is 28.7. The number of nitro groups is 1. The van der Waals surface area contributed by atoms with Crippen molar-refractivity contribution in [3.05, 3.63) is 112 Å². The molecule has 0 radical (unpaired) electrons. The number of rotatable bonds is 10. The molecule has 5 rings (SSSR count). The molecule has 8 nitrogen and oxygen atoms in total. The van der Waals surface area contributed by atoms with Crippen LogP contribution in [0.4, 0.5) is 5.69 Å². The predicted molar refractivity (Wildman–Crippen MR) is 144 cm³/mol. The minimum absolute atomic E-state index is 0.00829. The minimum atomic E-state index is -0.456. The van der Waals surface area contributed by atoms with Gasteiger partial charge < -0.3 is 13.6 Å². The van der Waals surface area contributed by atoms with Crippen molar-refractivity contribution >= 4 is 34.2 Å². The number of nitrogens with zero attached hydrogens (tertiary/aromatic N) is 2. The smallest absolute Gasteiger partial charge is 0.269 e. The molecule has 2 heterocycles. The number of aromatic nitrogens is 1. The molecule has 0 saturated carbocycles. The molecule has 5 aromatic rings. The van der Waals surface area contributed by atoms with Gasteiger partial charge in [-0.05, 0) is 73.2 Å². The number of carbonyl (C=O) groups excluding carboxylic acids is 1. The van der Waals surface area contributed by atoms with Crippen LogP contribution in [0.2, 0.25) is 0 Å². The molecule has 0 spiro atoms. The first-order chi connectivity index (χ1) is 18.5. The van der Waals surface area contributed by atoms with Gasteiger partial charge in [0.2, 0.25) is 5.89 Å². The number of hydrogen-bond acceptors (Lipinski definition) is 7. The van der Waals surface area contributed by atoms with Crippen molar-refractivity contribution in [3.63, 3.8) is 0 Å². The maximum atomic E-state index is 13.7. The number of para-hydroxylation sites is 2. The lowest BCUT2D eigenvalue weighted by molar-refractivity contribution is -0.384. The van der Waals surface area contributed by atoms with Crippen molar-refractivity contribution in [2.24, 2.45) is 0 Å². The number of oxazole rings is 1. The van der Waals surface area contributed by atoms with Gasteiger partial charge in [0.05, 0.1) is 17.1 Å². The largest absolute Gasteiger partial charge is 0.494 e. The van der Waals surface area contributed by atoms with Crippen LogP contribution in [0.5, 0.6) is 5.75 Å². The van der Waals surface area contributed by atoms with E-state index < -0.39 is 4.92 Å². The van der Waals surface area contributed by atoms with Gasteiger partial charge in [-0.2, -0.15) is 0 Å². The molecule has 0 aliphatic carbocycles. The van der Waals surface area contributed by atoms with E-state index in [1.54, 1.807) is 60.7 Å². The molecule has 0 fully saturated rings. The summed E-state index contributed by atoms with van der Waals surface area (Å²) in [6.45, 7) is 2.71. The fraction of sp³-hybridized carbons (Fsp3) is 0.133. The third-order valence-corrected chi connectivity index (χ3v) is 5.93. The second-order valence-corrected chi connectivity index (χ2v) is 8.61. The summed E-state index contributed by atoms with van der Waals surface area (Å²) in [5.74, 6) is 1.49. The number of fused-ring (bicyclic) bond motifs is 1. The van der Waals surface area contributed by atoms with Crippen molar-refractivity contribution in [1.29, 1.82) is 0 Å². The Kier molecular flexibility index (Phi) is 7.13. The van der Waals surface area contributed by atoms with Gasteiger partial charge >= 0.3 is 0 Å². The molecule has 0 atom stereocenters. The highest BCUT2D eigenvalue weighted by Crippen LogP contribution is 2.30. The molecule has 0 N–H and O–H groups in total. The Morgan fingerprint density at radius 2 is 1.74 bits per heavy atom. The normalized spacial score (nSPS) is 11.6. The van der Waals surface area contributed by atoms with Gasteiger partial charge in [-0.25, -0.2) is 4.98 Å². The Labute approximate surface area is 218 Å². The molecule has 38 heavy (non-hydrogen) atoms. The monoisotopic (exact) mass is 508 g/mol. The van der Waals surface area contributed by atoms with Gasteiger partial charge in [0.15, 0.2) is 11.4 Å². The van der Waals surface area contributed by atoms with E-state index in [1.807, 2.05) is 18.2 Å².